The molecule has 0 heterocycles. The fraction of sp³-hybridized carbons (Fsp3) is 0.136. The first-order valence-corrected chi connectivity index (χ1v) is 8.25. The SMILES string of the molecule is COC(=O)c1c(NCc2ccccc2)cc(C)cc1-c1ccccc1. The van der Waals surface area contributed by atoms with E-state index in [9.17, 15) is 4.79 Å². The third kappa shape index (κ3) is 3.89. The lowest BCUT2D eigenvalue weighted by Crippen LogP contribution is -2.10. The zero-order valence-corrected chi connectivity index (χ0v) is 14.5. The Morgan fingerprint density at radius 3 is 2.24 bits per heavy atom. The predicted octanol–water partition coefficient (Wildman–Crippen LogP) is 5.06. The van der Waals surface area contributed by atoms with Gasteiger partial charge in [0.05, 0.1) is 12.7 Å². The van der Waals surface area contributed by atoms with Crippen LogP contribution in [-0.2, 0) is 11.3 Å². The molecule has 1 N–H and O–H groups in total. The van der Waals surface area contributed by atoms with E-state index in [0.717, 1.165) is 27.9 Å². The van der Waals surface area contributed by atoms with Gasteiger partial charge in [0, 0.05) is 12.2 Å². The van der Waals surface area contributed by atoms with E-state index >= 15 is 0 Å². The molecule has 0 aromatic heterocycles. The van der Waals surface area contributed by atoms with E-state index in [0.29, 0.717) is 12.1 Å². The van der Waals surface area contributed by atoms with Crippen LogP contribution in [0.5, 0.6) is 0 Å². The topological polar surface area (TPSA) is 38.3 Å². The number of methoxy groups -OCH3 is 1. The van der Waals surface area contributed by atoms with Crippen LogP contribution in [-0.4, -0.2) is 13.1 Å². The lowest BCUT2D eigenvalue weighted by Gasteiger charge is -2.16. The monoisotopic (exact) mass is 331 g/mol. The molecule has 0 fully saturated rings. The predicted molar refractivity (Wildman–Crippen MR) is 102 cm³/mol. The van der Waals surface area contributed by atoms with Crippen molar-refractivity contribution in [3.8, 4) is 11.1 Å². The van der Waals surface area contributed by atoms with Crippen molar-refractivity contribution in [2.24, 2.45) is 0 Å². The van der Waals surface area contributed by atoms with Gasteiger partial charge in [-0.05, 0) is 35.2 Å². The lowest BCUT2D eigenvalue weighted by molar-refractivity contribution is 0.0602. The molecule has 3 aromatic carbocycles. The number of carbonyl (C=O) groups is 1. The van der Waals surface area contributed by atoms with Crippen LogP contribution in [0.1, 0.15) is 21.5 Å². The highest BCUT2D eigenvalue weighted by Gasteiger charge is 2.19. The maximum Gasteiger partial charge on any atom is 0.340 e. The molecule has 0 radical (unpaired) electrons. The van der Waals surface area contributed by atoms with E-state index in [2.05, 4.69) is 17.4 Å². The molecule has 0 unspecified atom stereocenters. The summed E-state index contributed by atoms with van der Waals surface area (Å²) < 4.78 is 5.05. The van der Waals surface area contributed by atoms with Crippen molar-refractivity contribution < 1.29 is 9.53 Å². The molecule has 0 amide bonds. The van der Waals surface area contributed by atoms with Gasteiger partial charge < -0.3 is 10.1 Å². The van der Waals surface area contributed by atoms with E-state index in [1.165, 1.54) is 7.11 Å². The maximum absolute atomic E-state index is 12.5. The molecular formula is C22H21NO2. The van der Waals surface area contributed by atoms with Gasteiger partial charge >= 0.3 is 5.97 Å². The zero-order valence-electron chi connectivity index (χ0n) is 14.5. The third-order valence-corrected chi connectivity index (χ3v) is 4.08. The quantitative estimate of drug-likeness (QED) is 0.664. The smallest absolute Gasteiger partial charge is 0.340 e. The number of rotatable bonds is 5. The summed E-state index contributed by atoms with van der Waals surface area (Å²) in [4.78, 5) is 12.5. The van der Waals surface area contributed by atoms with Gasteiger partial charge in [-0.3, -0.25) is 0 Å². The number of hydrogen-bond donors (Lipinski definition) is 1. The van der Waals surface area contributed by atoms with Gasteiger partial charge in [0.1, 0.15) is 0 Å². The first kappa shape index (κ1) is 16.8. The van der Waals surface area contributed by atoms with Gasteiger partial charge in [-0.25, -0.2) is 4.79 Å². The highest BCUT2D eigenvalue weighted by atomic mass is 16.5. The standard InChI is InChI=1S/C22H21NO2/c1-16-13-19(18-11-7-4-8-12-18)21(22(24)25-2)20(14-16)23-15-17-9-5-3-6-10-17/h3-14,23H,15H2,1-2H3. The van der Waals surface area contributed by atoms with Crippen LogP contribution in [0, 0.1) is 6.92 Å². The molecule has 0 spiro atoms. The molecule has 3 heteroatoms. The lowest BCUT2D eigenvalue weighted by atomic mass is 9.95. The van der Waals surface area contributed by atoms with E-state index in [-0.39, 0.29) is 5.97 Å². The van der Waals surface area contributed by atoms with Gasteiger partial charge in [-0.1, -0.05) is 66.7 Å². The average molecular weight is 331 g/mol. The molecule has 0 atom stereocenters. The molecule has 3 nitrogen and oxygen atoms in total. The Kier molecular flexibility index (Phi) is 5.14. The number of nitrogens with one attached hydrogen (secondary N) is 1. The minimum Gasteiger partial charge on any atom is -0.465 e. The number of esters is 1. The first-order valence-electron chi connectivity index (χ1n) is 8.25. The second-order valence-electron chi connectivity index (χ2n) is 5.93. The largest absolute Gasteiger partial charge is 0.465 e. The zero-order chi connectivity index (χ0) is 17.6. The summed E-state index contributed by atoms with van der Waals surface area (Å²) in [6.45, 7) is 2.67. The molecule has 3 aromatic rings. The minimum atomic E-state index is -0.339. The summed E-state index contributed by atoms with van der Waals surface area (Å²) in [6.07, 6.45) is 0. The van der Waals surface area contributed by atoms with Gasteiger partial charge in [-0.15, -0.1) is 0 Å². The van der Waals surface area contributed by atoms with Crippen LogP contribution >= 0.6 is 0 Å². The summed E-state index contributed by atoms with van der Waals surface area (Å²) in [6, 6.07) is 24.0. The summed E-state index contributed by atoms with van der Waals surface area (Å²) in [5.74, 6) is -0.339. The first-order chi connectivity index (χ1) is 12.2. The van der Waals surface area contributed by atoms with Crippen molar-refractivity contribution >= 4 is 11.7 Å². The van der Waals surface area contributed by atoms with E-state index in [4.69, 9.17) is 4.74 Å². The number of benzene rings is 3. The summed E-state index contributed by atoms with van der Waals surface area (Å²) in [7, 11) is 1.41. The Hall–Kier alpha value is -3.07. The van der Waals surface area contributed by atoms with Crippen molar-refractivity contribution in [3.63, 3.8) is 0 Å². The Labute approximate surface area is 148 Å². The second-order valence-corrected chi connectivity index (χ2v) is 5.93. The van der Waals surface area contributed by atoms with Crippen molar-refractivity contribution in [2.75, 3.05) is 12.4 Å². The average Bonchev–Trinajstić information content (AvgIpc) is 2.67. The van der Waals surface area contributed by atoms with E-state index in [1.807, 2.05) is 67.6 Å². The van der Waals surface area contributed by atoms with Gasteiger partial charge in [0.25, 0.3) is 0 Å². The molecule has 0 aliphatic carbocycles. The van der Waals surface area contributed by atoms with Crippen molar-refractivity contribution in [2.45, 2.75) is 13.5 Å². The summed E-state index contributed by atoms with van der Waals surface area (Å²) in [5.41, 5.74) is 5.46. The second kappa shape index (κ2) is 7.67. The molecule has 0 bridgehead atoms. The fourth-order valence-corrected chi connectivity index (χ4v) is 2.89. The molecule has 0 saturated heterocycles. The van der Waals surface area contributed by atoms with Crippen LogP contribution in [0.4, 0.5) is 5.69 Å². The van der Waals surface area contributed by atoms with Crippen molar-refractivity contribution in [1.82, 2.24) is 0 Å². The number of hydrogen-bond acceptors (Lipinski definition) is 3. The van der Waals surface area contributed by atoms with Crippen LogP contribution in [0.2, 0.25) is 0 Å². The number of aryl methyl sites for hydroxylation is 1. The minimum absolute atomic E-state index is 0.339. The molecule has 126 valence electrons. The van der Waals surface area contributed by atoms with Gasteiger partial charge in [-0.2, -0.15) is 0 Å². The number of carbonyl (C=O) groups excluding carboxylic acids is 1. The Morgan fingerprint density at radius 1 is 0.960 bits per heavy atom. The fourth-order valence-electron chi connectivity index (χ4n) is 2.89. The van der Waals surface area contributed by atoms with Gasteiger partial charge in [0.2, 0.25) is 0 Å². The van der Waals surface area contributed by atoms with Crippen LogP contribution in [0.25, 0.3) is 11.1 Å². The Bertz CT molecular complexity index is 858. The molecule has 25 heavy (non-hydrogen) atoms. The highest BCUT2D eigenvalue weighted by Crippen LogP contribution is 2.32. The molecular weight excluding hydrogens is 310 g/mol. The molecule has 0 aliphatic rings. The number of anilines is 1. The van der Waals surface area contributed by atoms with Crippen LogP contribution < -0.4 is 5.32 Å². The maximum atomic E-state index is 12.5. The Morgan fingerprint density at radius 2 is 1.60 bits per heavy atom. The summed E-state index contributed by atoms with van der Waals surface area (Å²) >= 11 is 0. The molecule has 0 aliphatic heterocycles. The van der Waals surface area contributed by atoms with Crippen LogP contribution in [0.15, 0.2) is 72.8 Å². The van der Waals surface area contributed by atoms with E-state index < -0.39 is 0 Å². The highest BCUT2D eigenvalue weighted by molar-refractivity contribution is 6.03. The molecule has 3 rings (SSSR count). The van der Waals surface area contributed by atoms with Gasteiger partial charge in [0.15, 0.2) is 0 Å². The van der Waals surface area contributed by atoms with E-state index in [1.54, 1.807) is 0 Å². The Balaban J connectivity index is 2.04. The third-order valence-electron chi connectivity index (χ3n) is 4.08. The summed E-state index contributed by atoms with van der Waals surface area (Å²) in [5, 5.41) is 3.39. The van der Waals surface area contributed by atoms with Crippen molar-refractivity contribution in [3.05, 3.63) is 89.5 Å². The molecule has 0 saturated carbocycles. The van der Waals surface area contributed by atoms with Crippen LogP contribution in [0.3, 0.4) is 0 Å². The van der Waals surface area contributed by atoms with Crippen molar-refractivity contribution in [1.29, 1.82) is 0 Å². The number of ether oxygens (including phenoxy) is 1. The normalized spacial score (nSPS) is 10.3.